The molecule has 0 spiro atoms. The maximum Gasteiger partial charge on any atom is 0.201 e. The summed E-state index contributed by atoms with van der Waals surface area (Å²) in [5.74, 6) is -1.75. The summed E-state index contributed by atoms with van der Waals surface area (Å²) >= 11 is 0. The minimum absolute atomic E-state index is 0.0168. The topological polar surface area (TPSA) is 9.23 Å². The van der Waals surface area contributed by atoms with Gasteiger partial charge in [-0.1, -0.05) is 6.08 Å². The highest BCUT2D eigenvalue weighted by Gasteiger charge is 2.18. The molecule has 0 aromatic heterocycles. The molecule has 0 fully saturated rings. The molecular formula is C12H12F2O. The van der Waals surface area contributed by atoms with E-state index in [0.717, 1.165) is 30.9 Å². The summed E-state index contributed by atoms with van der Waals surface area (Å²) in [7, 11) is 1.36. The van der Waals surface area contributed by atoms with Crippen LogP contribution in [0.4, 0.5) is 8.78 Å². The largest absolute Gasteiger partial charge is 0.493 e. The normalized spacial score (nSPS) is 15.3. The Bertz CT molecular complexity index is 410. The summed E-state index contributed by atoms with van der Waals surface area (Å²) in [6.07, 6.45) is 5.02. The molecule has 1 aromatic rings. The smallest absolute Gasteiger partial charge is 0.201 e. The van der Waals surface area contributed by atoms with Gasteiger partial charge in [0, 0.05) is 5.56 Å². The highest BCUT2D eigenvalue weighted by Crippen LogP contribution is 2.35. The first-order chi connectivity index (χ1) is 7.24. The van der Waals surface area contributed by atoms with Crippen molar-refractivity contribution < 1.29 is 13.5 Å². The fourth-order valence-corrected chi connectivity index (χ4v) is 1.90. The van der Waals surface area contributed by atoms with Crippen molar-refractivity contribution in [3.05, 3.63) is 35.4 Å². The zero-order valence-corrected chi connectivity index (χ0v) is 8.52. The van der Waals surface area contributed by atoms with Crippen LogP contribution in [0.25, 0.3) is 5.57 Å². The van der Waals surface area contributed by atoms with Crippen molar-refractivity contribution in [3.8, 4) is 5.75 Å². The molecule has 0 amide bonds. The van der Waals surface area contributed by atoms with Crippen LogP contribution >= 0.6 is 0 Å². The van der Waals surface area contributed by atoms with E-state index in [2.05, 4.69) is 6.08 Å². The third-order valence-corrected chi connectivity index (χ3v) is 2.64. The maximum absolute atomic E-state index is 13.4. The minimum Gasteiger partial charge on any atom is -0.493 e. The Labute approximate surface area is 87.4 Å². The molecule has 1 aromatic carbocycles. The molecule has 15 heavy (non-hydrogen) atoms. The second-order valence-corrected chi connectivity index (χ2v) is 3.56. The molecule has 1 aliphatic rings. The molecule has 0 saturated heterocycles. The van der Waals surface area contributed by atoms with Crippen LogP contribution in [0.5, 0.6) is 5.75 Å². The van der Waals surface area contributed by atoms with E-state index in [1.807, 2.05) is 0 Å². The lowest BCUT2D eigenvalue weighted by Crippen LogP contribution is -1.97. The zero-order chi connectivity index (χ0) is 10.8. The zero-order valence-electron chi connectivity index (χ0n) is 8.52. The first kappa shape index (κ1) is 10.1. The van der Waals surface area contributed by atoms with Gasteiger partial charge in [0.25, 0.3) is 0 Å². The van der Waals surface area contributed by atoms with Crippen molar-refractivity contribution in [3.63, 3.8) is 0 Å². The van der Waals surface area contributed by atoms with Crippen LogP contribution in [0.3, 0.4) is 0 Å². The molecule has 3 heteroatoms. The fraction of sp³-hybridized carbons (Fsp3) is 0.333. The van der Waals surface area contributed by atoms with Gasteiger partial charge in [-0.15, -0.1) is 0 Å². The molecule has 0 heterocycles. The molecule has 0 aliphatic heterocycles. The number of allylic oxidation sites excluding steroid dienone is 2. The van der Waals surface area contributed by atoms with Gasteiger partial charge in [0.05, 0.1) is 7.11 Å². The number of hydrogen-bond acceptors (Lipinski definition) is 1. The third kappa shape index (κ3) is 1.74. The number of ether oxygens (including phenoxy) is 1. The van der Waals surface area contributed by atoms with Crippen molar-refractivity contribution in [2.45, 2.75) is 19.3 Å². The van der Waals surface area contributed by atoms with Crippen LogP contribution in [-0.2, 0) is 0 Å². The summed E-state index contributed by atoms with van der Waals surface area (Å²) in [5, 5.41) is 0. The fourth-order valence-electron chi connectivity index (χ4n) is 1.90. The molecule has 0 radical (unpaired) electrons. The Morgan fingerprint density at radius 2 is 2.07 bits per heavy atom. The van der Waals surface area contributed by atoms with Gasteiger partial charge in [-0.05, 0) is 37.0 Å². The predicted molar refractivity (Wildman–Crippen MR) is 54.7 cm³/mol. The Hall–Kier alpha value is -1.38. The van der Waals surface area contributed by atoms with Gasteiger partial charge in [0.15, 0.2) is 11.6 Å². The lowest BCUT2D eigenvalue weighted by molar-refractivity contribution is 0.370. The number of methoxy groups -OCH3 is 1. The molecular weight excluding hydrogens is 198 g/mol. The van der Waals surface area contributed by atoms with Crippen LogP contribution in [0.1, 0.15) is 24.8 Å². The Kier molecular flexibility index (Phi) is 2.71. The van der Waals surface area contributed by atoms with Crippen LogP contribution in [0, 0.1) is 11.6 Å². The van der Waals surface area contributed by atoms with Gasteiger partial charge in [-0.2, -0.15) is 4.39 Å². The van der Waals surface area contributed by atoms with Crippen LogP contribution in [0.2, 0.25) is 0 Å². The van der Waals surface area contributed by atoms with Crippen molar-refractivity contribution in [2.24, 2.45) is 0 Å². The van der Waals surface area contributed by atoms with E-state index in [0.29, 0.717) is 5.56 Å². The molecule has 1 nitrogen and oxygen atoms in total. The lowest BCUT2D eigenvalue weighted by atomic mass is 10.0. The van der Waals surface area contributed by atoms with E-state index in [1.165, 1.54) is 7.11 Å². The molecule has 2 rings (SSSR count). The van der Waals surface area contributed by atoms with Crippen LogP contribution < -0.4 is 4.74 Å². The molecule has 0 atom stereocenters. The SMILES string of the molecule is COc1c(C2=CCCC2)ccc(F)c1F. The summed E-state index contributed by atoms with van der Waals surface area (Å²) < 4.78 is 31.3. The maximum atomic E-state index is 13.4. The summed E-state index contributed by atoms with van der Waals surface area (Å²) in [6, 6.07) is 2.72. The van der Waals surface area contributed by atoms with Gasteiger partial charge in [-0.25, -0.2) is 4.39 Å². The number of hydrogen-bond donors (Lipinski definition) is 0. The van der Waals surface area contributed by atoms with E-state index < -0.39 is 11.6 Å². The molecule has 0 N–H and O–H groups in total. The number of rotatable bonds is 2. The van der Waals surface area contributed by atoms with Crippen molar-refractivity contribution in [1.82, 2.24) is 0 Å². The van der Waals surface area contributed by atoms with Gasteiger partial charge in [0.2, 0.25) is 5.82 Å². The molecule has 1 aliphatic carbocycles. The second kappa shape index (κ2) is 4.01. The van der Waals surface area contributed by atoms with E-state index in [4.69, 9.17) is 4.74 Å². The van der Waals surface area contributed by atoms with E-state index in [9.17, 15) is 8.78 Å². The van der Waals surface area contributed by atoms with Crippen molar-refractivity contribution in [1.29, 1.82) is 0 Å². The van der Waals surface area contributed by atoms with Gasteiger partial charge in [0.1, 0.15) is 0 Å². The average Bonchev–Trinajstić information content (AvgIpc) is 2.75. The molecule has 0 unspecified atom stereocenters. The molecule has 0 bridgehead atoms. The molecule has 0 saturated carbocycles. The third-order valence-electron chi connectivity index (χ3n) is 2.64. The van der Waals surface area contributed by atoms with E-state index >= 15 is 0 Å². The quantitative estimate of drug-likeness (QED) is 0.725. The highest BCUT2D eigenvalue weighted by atomic mass is 19.2. The highest BCUT2D eigenvalue weighted by molar-refractivity contribution is 5.72. The Balaban J connectivity index is 2.51. The standard InChI is InChI=1S/C12H12F2O/c1-15-12-9(8-4-2-3-5-8)6-7-10(13)11(12)14/h4,6-7H,2-3,5H2,1H3. The van der Waals surface area contributed by atoms with Gasteiger partial charge >= 0.3 is 0 Å². The van der Waals surface area contributed by atoms with E-state index in [-0.39, 0.29) is 5.75 Å². The first-order valence-corrected chi connectivity index (χ1v) is 4.95. The van der Waals surface area contributed by atoms with Gasteiger partial charge in [-0.3, -0.25) is 0 Å². The van der Waals surface area contributed by atoms with Crippen LogP contribution in [-0.4, -0.2) is 7.11 Å². The van der Waals surface area contributed by atoms with E-state index in [1.54, 1.807) is 6.07 Å². The van der Waals surface area contributed by atoms with Gasteiger partial charge < -0.3 is 4.74 Å². The second-order valence-electron chi connectivity index (χ2n) is 3.56. The predicted octanol–water partition coefficient (Wildman–Crippen LogP) is 3.54. The van der Waals surface area contributed by atoms with Crippen LogP contribution in [0.15, 0.2) is 18.2 Å². The van der Waals surface area contributed by atoms with Crippen molar-refractivity contribution >= 4 is 5.57 Å². The summed E-state index contributed by atoms with van der Waals surface area (Å²) in [6.45, 7) is 0. The average molecular weight is 210 g/mol. The first-order valence-electron chi connectivity index (χ1n) is 4.95. The number of benzene rings is 1. The Morgan fingerprint density at radius 1 is 1.27 bits per heavy atom. The molecule has 80 valence electrons. The monoisotopic (exact) mass is 210 g/mol. The summed E-state index contributed by atoms with van der Waals surface area (Å²) in [4.78, 5) is 0. The Morgan fingerprint density at radius 3 is 2.67 bits per heavy atom. The number of halogens is 2. The van der Waals surface area contributed by atoms with Crippen molar-refractivity contribution in [2.75, 3.05) is 7.11 Å². The lowest BCUT2D eigenvalue weighted by Gasteiger charge is -2.10. The minimum atomic E-state index is -0.900. The summed E-state index contributed by atoms with van der Waals surface area (Å²) in [5.41, 5.74) is 1.72.